The molecule has 0 aromatic carbocycles. The first-order chi connectivity index (χ1) is 6.75. The molecule has 0 spiro atoms. The Hall–Kier alpha value is -0.900. The number of hydrogen-bond acceptors (Lipinski definition) is 4. The van der Waals surface area contributed by atoms with Crippen LogP contribution < -0.4 is 0 Å². The molecule has 0 radical (unpaired) electrons. The molecule has 76 valence electrons. The molecule has 2 aliphatic heterocycles. The molecule has 3 nitrogen and oxygen atoms in total. The molecular formula is C10H13NO2S. The zero-order valence-electron chi connectivity index (χ0n) is 8.10. The molecule has 1 saturated heterocycles. The van der Waals surface area contributed by atoms with Gasteiger partial charge in [-0.15, -0.1) is 11.8 Å². The SMILES string of the molecule is CC(=O)OC1CSC2=CCC=CN2C1. The van der Waals surface area contributed by atoms with Crippen molar-refractivity contribution in [2.24, 2.45) is 0 Å². The quantitative estimate of drug-likeness (QED) is 0.618. The zero-order chi connectivity index (χ0) is 9.97. The molecular weight excluding hydrogens is 198 g/mol. The monoisotopic (exact) mass is 211 g/mol. The fourth-order valence-electron chi connectivity index (χ4n) is 1.60. The van der Waals surface area contributed by atoms with Crippen LogP contribution in [0.5, 0.6) is 0 Å². The molecule has 0 saturated carbocycles. The minimum atomic E-state index is -0.191. The van der Waals surface area contributed by atoms with Gasteiger partial charge in [-0.05, 0) is 6.42 Å². The van der Waals surface area contributed by atoms with Crippen LogP contribution in [0.15, 0.2) is 23.4 Å². The molecule has 0 aromatic heterocycles. The lowest BCUT2D eigenvalue weighted by Gasteiger charge is -2.34. The number of carbonyl (C=O) groups excluding carboxylic acids is 1. The average Bonchev–Trinajstić information content (AvgIpc) is 2.17. The van der Waals surface area contributed by atoms with E-state index in [4.69, 9.17) is 4.74 Å². The van der Waals surface area contributed by atoms with E-state index in [1.165, 1.54) is 12.0 Å². The fraction of sp³-hybridized carbons (Fsp3) is 0.500. The number of thioether (sulfide) groups is 1. The highest BCUT2D eigenvalue weighted by Gasteiger charge is 2.24. The number of esters is 1. The van der Waals surface area contributed by atoms with Crippen LogP contribution in [0.4, 0.5) is 0 Å². The van der Waals surface area contributed by atoms with Gasteiger partial charge in [-0.3, -0.25) is 4.79 Å². The smallest absolute Gasteiger partial charge is 0.302 e. The molecule has 4 heteroatoms. The van der Waals surface area contributed by atoms with E-state index in [1.807, 2.05) is 0 Å². The van der Waals surface area contributed by atoms with Crippen molar-refractivity contribution < 1.29 is 9.53 Å². The number of rotatable bonds is 1. The number of nitrogens with zero attached hydrogens (tertiary/aromatic N) is 1. The minimum absolute atomic E-state index is 0.0254. The van der Waals surface area contributed by atoms with Crippen LogP contribution in [-0.4, -0.2) is 29.3 Å². The lowest BCUT2D eigenvalue weighted by molar-refractivity contribution is -0.145. The number of ether oxygens (including phenoxy) is 1. The van der Waals surface area contributed by atoms with Gasteiger partial charge in [0.25, 0.3) is 0 Å². The van der Waals surface area contributed by atoms with E-state index < -0.39 is 0 Å². The lowest BCUT2D eigenvalue weighted by Crippen LogP contribution is -2.37. The van der Waals surface area contributed by atoms with Crippen LogP contribution in [-0.2, 0) is 9.53 Å². The molecule has 14 heavy (non-hydrogen) atoms. The number of carbonyl (C=O) groups is 1. The summed E-state index contributed by atoms with van der Waals surface area (Å²) < 4.78 is 5.18. The topological polar surface area (TPSA) is 29.5 Å². The summed E-state index contributed by atoms with van der Waals surface area (Å²) in [6.07, 6.45) is 7.42. The van der Waals surface area contributed by atoms with Gasteiger partial charge < -0.3 is 9.64 Å². The Labute approximate surface area is 87.8 Å². The molecule has 0 N–H and O–H groups in total. The summed E-state index contributed by atoms with van der Waals surface area (Å²) in [6, 6.07) is 0. The molecule has 2 heterocycles. The van der Waals surface area contributed by atoms with Gasteiger partial charge in [-0.25, -0.2) is 0 Å². The average molecular weight is 211 g/mol. The van der Waals surface area contributed by atoms with Crippen LogP contribution >= 0.6 is 11.8 Å². The predicted octanol–water partition coefficient (Wildman–Crippen LogP) is 1.73. The Morgan fingerprint density at radius 1 is 1.71 bits per heavy atom. The van der Waals surface area contributed by atoms with Crippen molar-refractivity contribution in [2.45, 2.75) is 19.4 Å². The van der Waals surface area contributed by atoms with Crippen LogP contribution in [0, 0.1) is 0 Å². The number of fused-ring (bicyclic) bond motifs is 1. The zero-order valence-corrected chi connectivity index (χ0v) is 8.92. The van der Waals surface area contributed by atoms with Crippen molar-refractivity contribution in [1.29, 1.82) is 0 Å². The van der Waals surface area contributed by atoms with E-state index in [-0.39, 0.29) is 12.1 Å². The standard InChI is InChI=1S/C10H13NO2S/c1-8(12)13-9-6-11-5-3-2-4-10(11)14-7-9/h3-5,9H,2,6-7H2,1H3. The van der Waals surface area contributed by atoms with E-state index in [9.17, 15) is 4.79 Å². The first-order valence-electron chi connectivity index (χ1n) is 4.69. The van der Waals surface area contributed by atoms with Crippen molar-refractivity contribution in [3.8, 4) is 0 Å². The van der Waals surface area contributed by atoms with E-state index in [1.54, 1.807) is 11.8 Å². The Bertz CT molecular complexity index is 298. The summed E-state index contributed by atoms with van der Waals surface area (Å²) >= 11 is 1.76. The first kappa shape index (κ1) is 9.65. The number of hydrogen-bond donors (Lipinski definition) is 0. The Kier molecular flexibility index (Phi) is 2.82. The van der Waals surface area contributed by atoms with Crippen molar-refractivity contribution in [2.75, 3.05) is 12.3 Å². The van der Waals surface area contributed by atoms with Crippen LogP contribution in [0.25, 0.3) is 0 Å². The molecule has 2 rings (SSSR count). The maximum absolute atomic E-state index is 10.8. The van der Waals surface area contributed by atoms with Crippen molar-refractivity contribution >= 4 is 17.7 Å². The van der Waals surface area contributed by atoms with Gasteiger partial charge in [-0.1, -0.05) is 12.2 Å². The molecule has 0 aliphatic carbocycles. The molecule has 0 bridgehead atoms. The second-order valence-electron chi connectivity index (χ2n) is 3.36. The maximum Gasteiger partial charge on any atom is 0.302 e. The second kappa shape index (κ2) is 4.09. The maximum atomic E-state index is 10.8. The minimum Gasteiger partial charge on any atom is -0.460 e. The van der Waals surface area contributed by atoms with Gasteiger partial charge in [0.05, 0.1) is 11.6 Å². The Morgan fingerprint density at radius 3 is 3.36 bits per heavy atom. The summed E-state index contributed by atoms with van der Waals surface area (Å²) in [5, 5.41) is 1.29. The fourth-order valence-corrected chi connectivity index (χ4v) is 2.64. The van der Waals surface area contributed by atoms with E-state index in [0.717, 1.165) is 18.7 Å². The van der Waals surface area contributed by atoms with Gasteiger partial charge in [-0.2, -0.15) is 0 Å². The van der Waals surface area contributed by atoms with Crippen LogP contribution in [0.3, 0.4) is 0 Å². The molecule has 1 fully saturated rings. The molecule has 1 atom stereocenters. The van der Waals surface area contributed by atoms with E-state index in [2.05, 4.69) is 23.3 Å². The van der Waals surface area contributed by atoms with Gasteiger partial charge >= 0.3 is 5.97 Å². The van der Waals surface area contributed by atoms with Crippen molar-refractivity contribution in [3.63, 3.8) is 0 Å². The third-order valence-electron chi connectivity index (χ3n) is 2.15. The van der Waals surface area contributed by atoms with Gasteiger partial charge in [0.2, 0.25) is 0 Å². The predicted molar refractivity (Wildman–Crippen MR) is 56.6 cm³/mol. The largest absolute Gasteiger partial charge is 0.460 e. The van der Waals surface area contributed by atoms with Crippen molar-refractivity contribution in [1.82, 2.24) is 4.90 Å². The summed E-state index contributed by atoms with van der Waals surface area (Å²) in [7, 11) is 0. The van der Waals surface area contributed by atoms with E-state index in [0.29, 0.717) is 0 Å². The third-order valence-corrected chi connectivity index (χ3v) is 3.38. The Balaban J connectivity index is 1.96. The summed E-state index contributed by atoms with van der Waals surface area (Å²) in [6.45, 7) is 2.25. The first-order valence-corrected chi connectivity index (χ1v) is 5.68. The van der Waals surface area contributed by atoms with E-state index >= 15 is 0 Å². The van der Waals surface area contributed by atoms with Crippen LogP contribution in [0.1, 0.15) is 13.3 Å². The van der Waals surface area contributed by atoms with Crippen molar-refractivity contribution in [3.05, 3.63) is 23.4 Å². The summed E-state index contributed by atoms with van der Waals surface area (Å²) in [5.74, 6) is 0.680. The highest BCUT2D eigenvalue weighted by Crippen LogP contribution is 2.30. The Morgan fingerprint density at radius 2 is 2.57 bits per heavy atom. The highest BCUT2D eigenvalue weighted by atomic mass is 32.2. The number of allylic oxidation sites excluding steroid dienone is 2. The van der Waals surface area contributed by atoms with Gasteiger partial charge in [0.15, 0.2) is 0 Å². The molecule has 0 amide bonds. The normalized spacial score (nSPS) is 25.4. The van der Waals surface area contributed by atoms with Crippen LogP contribution in [0.2, 0.25) is 0 Å². The van der Waals surface area contributed by atoms with Gasteiger partial charge in [0.1, 0.15) is 6.10 Å². The lowest BCUT2D eigenvalue weighted by atomic mass is 10.3. The molecule has 1 unspecified atom stereocenters. The highest BCUT2D eigenvalue weighted by molar-refractivity contribution is 8.03. The molecule has 2 aliphatic rings. The summed E-state index contributed by atoms with van der Waals surface area (Å²) in [4.78, 5) is 12.9. The summed E-state index contributed by atoms with van der Waals surface area (Å²) in [5.41, 5.74) is 0. The van der Waals surface area contributed by atoms with Gasteiger partial charge in [0, 0.05) is 18.9 Å². The second-order valence-corrected chi connectivity index (χ2v) is 4.40. The third kappa shape index (κ3) is 2.12. The molecule has 0 aromatic rings.